The average Bonchev–Trinajstić information content (AvgIpc) is 2.60. The molecule has 8 nitrogen and oxygen atoms in total. The van der Waals surface area contributed by atoms with E-state index in [-0.39, 0.29) is 18.4 Å². The zero-order chi connectivity index (χ0) is 16.6. The number of hydrogen-bond donors (Lipinski definition) is 1. The number of ether oxygens (including phenoxy) is 1. The van der Waals surface area contributed by atoms with Crippen LogP contribution >= 0.6 is 0 Å². The minimum absolute atomic E-state index is 0.0180. The third-order valence-corrected chi connectivity index (χ3v) is 4.27. The molecule has 4 rings (SSSR count). The van der Waals surface area contributed by atoms with Gasteiger partial charge < -0.3 is 15.0 Å². The summed E-state index contributed by atoms with van der Waals surface area (Å²) in [7, 11) is 0. The van der Waals surface area contributed by atoms with Crippen LogP contribution < -0.4 is 5.32 Å². The lowest BCUT2D eigenvalue weighted by Crippen LogP contribution is -2.73. The highest BCUT2D eigenvalue weighted by Gasteiger charge is 2.50. The first-order valence-electron chi connectivity index (χ1n) is 7.58. The summed E-state index contributed by atoms with van der Waals surface area (Å²) in [4.78, 5) is 38.7. The summed E-state index contributed by atoms with van der Waals surface area (Å²) >= 11 is 0. The molecule has 2 fully saturated rings. The zero-order valence-electron chi connectivity index (χ0n) is 12.8. The van der Waals surface area contributed by atoms with Crippen molar-refractivity contribution >= 4 is 11.8 Å². The Kier molecular flexibility index (Phi) is 3.46. The van der Waals surface area contributed by atoms with Gasteiger partial charge in [0.15, 0.2) is 5.82 Å². The SMILES string of the molecule is O=C1CN(C(=O)c2cnc(-c3ccccn3)nc2)C2(CN1)COC2. The van der Waals surface area contributed by atoms with Crippen LogP contribution in [0.2, 0.25) is 0 Å². The first-order chi connectivity index (χ1) is 11.7. The number of aromatic nitrogens is 3. The summed E-state index contributed by atoms with van der Waals surface area (Å²) in [5.74, 6) is 0.0119. The average molecular weight is 325 g/mol. The van der Waals surface area contributed by atoms with Gasteiger partial charge in [0.05, 0.1) is 18.8 Å². The monoisotopic (exact) mass is 325 g/mol. The van der Waals surface area contributed by atoms with Gasteiger partial charge in [0.25, 0.3) is 5.91 Å². The third kappa shape index (κ3) is 2.41. The summed E-state index contributed by atoms with van der Waals surface area (Å²) < 4.78 is 5.26. The predicted molar refractivity (Wildman–Crippen MR) is 82.9 cm³/mol. The molecule has 4 heterocycles. The molecule has 2 aromatic heterocycles. The second-order valence-electron chi connectivity index (χ2n) is 5.90. The van der Waals surface area contributed by atoms with Crippen molar-refractivity contribution in [3.8, 4) is 11.5 Å². The maximum Gasteiger partial charge on any atom is 0.258 e. The second-order valence-corrected chi connectivity index (χ2v) is 5.90. The molecule has 0 aromatic carbocycles. The van der Waals surface area contributed by atoms with Crippen molar-refractivity contribution < 1.29 is 14.3 Å². The van der Waals surface area contributed by atoms with Crippen LogP contribution in [-0.2, 0) is 9.53 Å². The van der Waals surface area contributed by atoms with Gasteiger partial charge in [0, 0.05) is 25.1 Å². The lowest BCUT2D eigenvalue weighted by Gasteiger charge is -2.51. The summed E-state index contributed by atoms with van der Waals surface area (Å²) in [6, 6.07) is 5.45. The zero-order valence-corrected chi connectivity index (χ0v) is 12.8. The maximum atomic E-state index is 12.8. The van der Waals surface area contributed by atoms with Crippen LogP contribution in [0.1, 0.15) is 10.4 Å². The summed E-state index contributed by atoms with van der Waals surface area (Å²) in [5, 5.41) is 2.79. The van der Waals surface area contributed by atoms with Crippen molar-refractivity contribution in [2.45, 2.75) is 5.54 Å². The van der Waals surface area contributed by atoms with Crippen molar-refractivity contribution in [2.24, 2.45) is 0 Å². The number of amides is 2. The fourth-order valence-electron chi connectivity index (χ4n) is 2.83. The van der Waals surface area contributed by atoms with E-state index in [1.54, 1.807) is 17.2 Å². The summed E-state index contributed by atoms with van der Waals surface area (Å²) in [6.45, 7) is 1.27. The van der Waals surface area contributed by atoms with Gasteiger partial charge in [-0.15, -0.1) is 0 Å². The van der Waals surface area contributed by atoms with Crippen LogP contribution in [0.25, 0.3) is 11.5 Å². The molecular formula is C16H15N5O3. The lowest BCUT2D eigenvalue weighted by molar-refractivity contribution is -0.152. The van der Waals surface area contributed by atoms with Crippen LogP contribution in [0, 0.1) is 0 Å². The lowest BCUT2D eigenvalue weighted by atomic mass is 9.91. The number of piperazine rings is 1. The molecule has 1 spiro atoms. The minimum Gasteiger partial charge on any atom is -0.376 e. The highest BCUT2D eigenvalue weighted by molar-refractivity contribution is 5.97. The molecule has 2 aromatic rings. The van der Waals surface area contributed by atoms with E-state index >= 15 is 0 Å². The number of pyridine rings is 1. The van der Waals surface area contributed by atoms with Gasteiger partial charge in [-0.1, -0.05) is 6.07 Å². The molecule has 2 amide bonds. The van der Waals surface area contributed by atoms with Crippen LogP contribution in [-0.4, -0.2) is 63.5 Å². The van der Waals surface area contributed by atoms with E-state index in [0.29, 0.717) is 36.8 Å². The van der Waals surface area contributed by atoms with Crippen LogP contribution in [0.4, 0.5) is 0 Å². The second kappa shape index (κ2) is 5.64. The number of nitrogens with one attached hydrogen (secondary N) is 1. The van der Waals surface area contributed by atoms with Gasteiger partial charge in [-0.2, -0.15) is 0 Å². The molecule has 122 valence electrons. The summed E-state index contributed by atoms with van der Waals surface area (Å²) in [5.41, 5.74) is 0.526. The molecule has 0 aliphatic carbocycles. The van der Waals surface area contributed by atoms with Crippen molar-refractivity contribution in [3.05, 3.63) is 42.4 Å². The highest BCUT2D eigenvalue weighted by Crippen LogP contribution is 2.28. The standard InChI is InChI=1S/C16H15N5O3/c22-13-7-21(16(8-20-13)9-24-10-16)15(23)11-5-18-14(19-6-11)12-3-1-2-4-17-12/h1-6H,7-10H2,(H,20,22). The fraction of sp³-hybridized carbons (Fsp3) is 0.312. The molecule has 0 saturated carbocycles. The number of carbonyl (C=O) groups excluding carboxylic acids is 2. The normalized spacial score (nSPS) is 18.8. The van der Waals surface area contributed by atoms with E-state index in [0.717, 1.165) is 0 Å². The Hall–Kier alpha value is -2.87. The smallest absolute Gasteiger partial charge is 0.258 e. The molecule has 0 bridgehead atoms. The van der Waals surface area contributed by atoms with E-state index in [4.69, 9.17) is 4.74 Å². The molecule has 1 N–H and O–H groups in total. The molecular weight excluding hydrogens is 310 g/mol. The van der Waals surface area contributed by atoms with Gasteiger partial charge in [0.2, 0.25) is 5.91 Å². The molecule has 2 saturated heterocycles. The van der Waals surface area contributed by atoms with E-state index in [1.807, 2.05) is 12.1 Å². The van der Waals surface area contributed by atoms with Crippen molar-refractivity contribution in [1.82, 2.24) is 25.2 Å². The first-order valence-corrected chi connectivity index (χ1v) is 7.58. The molecule has 0 radical (unpaired) electrons. The highest BCUT2D eigenvalue weighted by atomic mass is 16.5. The fourth-order valence-corrected chi connectivity index (χ4v) is 2.83. The maximum absolute atomic E-state index is 12.8. The number of carbonyl (C=O) groups is 2. The van der Waals surface area contributed by atoms with Gasteiger partial charge in [-0.05, 0) is 12.1 Å². The molecule has 24 heavy (non-hydrogen) atoms. The van der Waals surface area contributed by atoms with E-state index in [1.165, 1.54) is 12.4 Å². The van der Waals surface area contributed by atoms with Crippen LogP contribution in [0.15, 0.2) is 36.8 Å². The van der Waals surface area contributed by atoms with Gasteiger partial charge in [0.1, 0.15) is 17.8 Å². The van der Waals surface area contributed by atoms with Crippen molar-refractivity contribution in [1.29, 1.82) is 0 Å². The van der Waals surface area contributed by atoms with Gasteiger partial charge in [-0.25, -0.2) is 9.97 Å². The van der Waals surface area contributed by atoms with E-state index in [9.17, 15) is 9.59 Å². The van der Waals surface area contributed by atoms with Crippen LogP contribution in [0.5, 0.6) is 0 Å². The molecule has 2 aliphatic heterocycles. The first kappa shape index (κ1) is 14.7. The van der Waals surface area contributed by atoms with Crippen molar-refractivity contribution in [3.63, 3.8) is 0 Å². The Balaban J connectivity index is 1.59. The number of rotatable bonds is 2. The summed E-state index contributed by atoms with van der Waals surface area (Å²) in [6.07, 6.45) is 4.60. The minimum atomic E-state index is -0.454. The Morgan fingerprint density at radius 2 is 2.00 bits per heavy atom. The Morgan fingerprint density at radius 1 is 1.21 bits per heavy atom. The Labute approximate surface area is 137 Å². The topological polar surface area (TPSA) is 97.3 Å². The van der Waals surface area contributed by atoms with Crippen LogP contribution in [0.3, 0.4) is 0 Å². The van der Waals surface area contributed by atoms with E-state index < -0.39 is 5.54 Å². The van der Waals surface area contributed by atoms with Gasteiger partial charge in [-0.3, -0.25) is 14.6 Å². The number of hydrogen-bond acceptors (Lipinski definition) is 6. The third-order valence-electron chi connectivity index (χ3n) is 4.27. The van der Waals surface area contributed by atoms with Gasteiger partial charge >= 0.3 is 0 Å². The molecule has 2 aliphatic rings. The van der Waals surface area contributed by atoms with Crippen molar-refractivity contribution in [2.75, 3.05) is 26.3 Å². The molecule has 8 heteroatoms. The Morgan fingerprint density at radius 3 is 2.62 bits per heavy atom. The van der Waals surface area contributed by atoms with E-state index in [2.05, 4.69) is 20.3 Å². The largest absolute Gasteiger partial charge is 0.376 e. The quantitative estimate of drug-likeness (QED) is 0.827. The molecule has 0 unspecified atom stereocenters. The molecule has 0 atom stereocenters. The predicted octanol–water partition coefficient (Wildman–Crippen LogP) is -0.120. The number of nitrogens with zero attached hydrogens (tertiary/aromatic N) is 4. The Bertz CT molecular complexity index is 774.